The Balaban J connectivity index is 2.58. The molecule has 0 bridgehead atoms. The van der Waals surface area contributed by atoms with E-state index in [-0.39, 0.29) is 37.3 Å². The molecule has 0 spiro atoms. The van der Waals surface area contributed by atoms with Gasteiger partial charge < -0.3 is 10.4 Å². The molecule has 1 aliphatic rings. The highest BCUT2D eigenvalue weighted by Crippen LogP contribution is 2.19. The first kappa shape index (κ1) is 14.4. The van der Waals surface area contributed by atoms with E-state index in [1.54, 1.807) is 6.92 Å². The van der Waals surface area contributed by atoms with Crippen LogP contribution in [-0.4, -0.2) is 55.7 Å². The first-order chi connectivity index (χ1) is 8.01. The van der Waals surface area contributed by atoms with Gasteiger partial charge >= 0.3 is 0 Å². The highest BCUT2D eigenvalue weighted by Gasteiger charge is 2.31. The van der Waals surface area contributed by atoms with Gasteiger partial charge in [0, 0.05) is 19.6 Å². The van der Waals surface area contributed by atoms with Crippen LogP contribution >= 0.6 is 0 Å². The lowest BCUT2D eigenvalue weighted by Crippen LogP contribution is -2.46. The summed E-state index contributed by atoms with van der Waals surface area (Å²) in [5.74, 6) is -0.399. The van der Waals surface area contributed by atoms with E-state index in [2.05, 4.69) is 5.32 Å². The van der Waals surface area contributed by atoms with Crippen LogP contribution in [0.4, 0.5) is 0 Å². The molecule has 1 amide bonds. The van der Waals surface area contributed by atoms with E-state index < -0.39 is 10.0 Å². The standard InChI is InChI=1S/C10H20N2O4S/c1-2-17(15,16)12-6-3-4-9(8-12)10(14)11-5-7-13/h9,13H,2-8H2,1H3,(H,11,14)/t9-/m1/s1. The van der Waals surface area contributed by atoms with E-state index in [9.17, 15) is 13.2 Å². The molecule has 1 atom stereocenters. The molecule has 1 saturated heterocycles. The largest absolute Gasteiger partial charge is 0.395 e. The van der Waals surface area contributed by atoms with Crippen molar-refractivity contribution in [2.24, 2.45) is 5.92 Å². The zero-order chi connectivity index (χ0) is 12.9. The van der Waals surface area contributed by atoms with Crippen LogP contribution < -0.4 is 5.32 Å². The van der Waals surface area contributed by atoms with Crippen molar-refractivity contribution in [2.75, 3.05) is 32.0 Å². The number of hydrogen-bond donors (Lipinski definition) is 2. The number of rotatable bonds is 5. The first-order valence-electron chi connectivity index (χ1n) is 5.87. The normalized spacial score (nSPS) is 22.4. The van der Waals surface area contributed by atoms with Gasteiger partial charge in [-0.1, -0.05) is 0 Å². The number of amides is 1. The SMILES string of the molecule is CCS(=O)(=O)N1CCC[C@@H](C(=O)NCCO)C1. The van der Waals surface area contributed by atoms with Gasteiger partial charge in [0.25, 0.3) is 0 Å². The van der Waals surface area contributed by atoms with Crippen LogP contribution in [0.15, 0.2) is 0 Å². The zero-order valence-electron chi connectivity index (χ0n) is 10.1. The van der Waals surface area contributed by atoms with Crippen molar-refractivity contribution in [1.82, 2.24) is 9.62 Å². The fraction of sp³-hybridized carbons (Fsp3) is 0.900. The second-order valence-electron chi connectivity index (χ2n) is 4.11. The van der Waals surface area contributed by atoms with Crippen LogP contribution in [-0.2, 0) is 14.8 Å². The zero-order valence-corrected chi connectivity index (χ0v) is 10.9. The predicted octanol–water partition coefficient (Wildman–Crippen LogP) is -0.843. The van der Waals surface area contributed by atoms with Crippen LogP contribution in [0.1, 0.15) is 19.8 Å². The summed E-state index contributed by atoms with van der Waals surface area (Å²) >= 11 is 0. The third-order valence-electron chi connectivity index (χ3n) is 2.92. The lowest BCUT2D eigenvalue weighted by atomic mass is 9.99. The topological polar surface area (TPSA) is 86.7 Å². The van der Waals surface area contributed by atoms with Crippen molar-refractivity contribution >= 4 is 15.9 Å². The molecule has 1 rings (SSSR count). The maximum absolute atomic E-state index is 11.7. The van der Waals surface area contributed by atoms with Gasteiger partial charge in [-0.2, -0.15) is 0 Å². The van der Waals surface area contributed by atoms with Crippen molar-refractivity contribution in [3.05, 3.63) is 0 Å². The fourth-order valence-electron chi connectivity index (χ4n) is 1.92. The lowest BCUT2D eigenvalue weighted by molar-refractivity contribution is -0.126. The quantitative estimate of drug-likeness (QED) is 0.677. The summed E-state index contributed by atoms with van der Waals surface area (Å²) in [6.07, 6.45) is 1.41. The van der Waals surface area contributed by atoms with Gasteiger partial charge in [-0.3, -0.25) is 4.79 Å². The van der Waals surface area contributed by atoms with Gasteiger partial charge in [0.1, 0.15) is 0 Å². The van der Waals surface area contributed by atoms with Crippen LogP contribution in [0, 0.1) is 5.92 Å². The molecule has 0 aromatic carbocycles. The molecule has 100 valence electrons. The maximum atomic E-state index is 11.7. The van der Waals surface area contributed by atoms with E-state index in [1.807, 2.05) is 0 Å². The molecule has 1 aliphatic heterocycles. The molecule has 0 aromatic rings. The Morgan fingerprint density at radius 1 is 1.53 bits per heavy atom. The smallest absolute Gasteiger partial charge is 0.224 e. The number of nitrogens with zero attached hydrogens (tertiary/aromatic N) is 1. The second-order valence-corrected chi connectivity index (χ2v) is 6.37. The summed E-state index contributed by atoms with van der Waals surface area (Å²) in [5.41, 5.74) is 0. The van der Waals surface area contributed by atoms with Crippen LogP contribution in [0.25, 0.3) is 0 Å². The minimum absolute atomic E-state index is 0.0674. The fourth-order valence-corrected chi connectivity index (χ4v) is 3.09. The van der Waals surface area contributed by atoms with Gasteiger partial charge in [0.05, 0.1) is 18.3 Å². The average molecular weight is 264 g/mol. The molecule has 17 heavy (non-hydrogen) atoms. The van der Waals surface area contributed by atoms with Crippen LogP contribution in [0.3, 0.4) is 0 Å². The Hall–Kier alpha value is -0.660. The molecule has 7 heteroatoms. The van der Waals surface area contributed by atoms with Gasteiger partial charge in [-0.15, -0.1) is 0 Å². The second kappa shape index (κ2) is 6.32. The summed E-state index contributed by atoms with van der Waals surface area (Å²) in [6, 6.07) is 0. The molecule has 1 heterocycles. The molecule has 2 N–H and O–H groups in total. The molecule has 1 fully saturated rings. The molecular formula is C10H20N2O4S. The van der Waals surface area contributed by atoms with E-state index in [4.69, 9.17) is 5.11 Å². The number of sulfonamides is 1. The van der Waals surface area contributed by atoms with Crippen molar-refractivity contribution in [1.29, 1.82) is 0 Å². The molecule has 0 radical (unpaired) electrons. The molecule has 0 unspecified atom stereocenters. The summed E-state index contributed by atoms with van der Waals surface area (Å²) in [4.78, 5) is 11.7. The van der Waals surface area contributed by atoms with Gasteiger partial charge in [-0.05, 0) is 19.8 Å². The first-order valence-corrected chi connectivity index (χ1v) is 7.48. The minimum Gasteiger partial charge on any atom is -0.395 e. The van der Waals surface area contributed by atoms with E-state index >= 15 is 0 Å². The van der Waals surface area contributed by atoms with Crippen molar-refractivity contribution in [3.8, 4) is 0 Å². The Kier molecular flexibility index (Phi) is 5.35. The van der Waals surface area contributed by atoms with E-state index in [0.717, 1.165) is 0 Å². The molecular weight excluding hydrogens is 244 g/mol. The molecule has 0 aromatic heterocycles. The maximum Gasteiger partial charge on any atom is 0.224 e. The van der Waals surface area contributed by atoms with Crippen molar-refractivity contribution in [2.45, 2.75) is 19.8 Å². The average Bonchev–Trinajstić information content (AvgIpc) is 2.36. The highest BCUT2D eigenvalue weighted by atomic mass is 32.2. The van der Waals surface area contributed by atoms with E-state index in [0.29, 0.717) is 19.4 Å². The van der Waals surface area contributed by atoms with Gasteiger partial charge in [0.15, 0.2) is 0 Å². The number of aliphatic hydroxyl groups excluding tert-OH is 1. The van der Waals surface area contributed by atoms with Crippen molar-refractivity contribution < 1.29 is 18.3 Å². The lowest BCUT2D eigenvalue weighted by Gasteiger charge is -2.30. The Morgan fingerprint density at radius 2 is 2.24 bits per heavy atom. The van der Waals surface area contributed by atoms with Crippen LogP contribution in [0.5, 0.6) is 0 Å². The van der Waals surface area contributed by atoms with E-state index in [1.165, 1.54) is 4.31 Å². The third kappa shape index (κ3) is 3.93. The highest BCUT2D eigenvalue weighted by molar-refractivity contribution is 7.89. The van der Waals surface area contributed by atoms with Gasteiger partial charge in [-0.25, -0.2) is 12.7 Å². The Labute approximate surface area is 102 Å². The number of carbonyl (C=O) groups is 1. The Morgan fingerprint density at radius 3 is 2.82 bits per heavy atom. The van der Waals surface area contributed by atoms with Gasteiger partial charge in [0.2, 0.25) is 15.9 Å². The number of piperidine rings is 1. The number of carbonyl (C=O) groups excluding carboxylic acids is 1. The number of hydrogen-bond acceptors (Lipinski definition) is 4. The summed E-state index contributed by atoms with van der Waals surface area (Å²) in [7, 11) is -3.20. The molecule has 6 nitrogen and oxygen atoms in total. The third-order valence-corrected chi connectivity index (χ3v) is 4.77. The summed E-state index contributed by atoms with van der Waals surface area (Å²) in [5, 5.41) is 11.2. The monoisotopic (exact) mass is 264 g/mol. The van der Waals surface area contributed by atoms with Crippen molar-refractivity contribution in [3.63, 3.8) is 0 Å². The Bertz CT molecular complexity index is 355. The molecule has 0 aliphatic carbocycles. The predicted molar refractivity (Wildman–Crippen MR) is 63.9 cm³/mol. The minimum atomic E-state index is -3.20. The summed E-state index contributed by atoms with van der Waals surface area (Å²) in [6.45, 7) is 2.48. The van der Waals surface area contributed by atoms with Crippen LogP contribution in [0.2, 0.25) is 0 Å². The number of nitrogens with one attached hydrogen (secondary N) is 1. The summed E-state index contributed by atoms with van der Waals surface area (Å²) < 4.78 is 24.8. The molecule has 0 saturated carbocycles. The number of aliphatic hydroxyl groups is 1.